The van der Waals surface area contributed by atoms with Crippen molar-refractivity contribution in [1.82, 2.24) is 15.1 Å². The Morgan fingerprint density at radius 1 is 1.79 bits per heavy atom. The van der Waals surface area contributed by atoms with Crippen LogP contribution in [-0.4, -0.2) is 39.9 Å². The smallest absolute Gasteiger partial charge is 0.407 e. The quantitative estimate of drug-likeness (QED) is 0.622. The molecule has 0 saturated heterocycles. The van der Waals surface area contributed by atoms with E-state index in [0.29, 0.717) is 0 Å². The van der Waals surface area contributed by atoms with Crippen LogP contribution in [0.5, 0.6) is 0 Å². The van der Waals surface area contributed by atoms with E-state index in [1.54, 1.807) is 13.2 Å². The Hall–Kier alpha value is -1.72. The molecular formula is C8H12N4O2. The van der Waals surface area contributed by atoms with Gasteiger partial charge in [0.05, 0.1) is 12.2 Å². The van der Waals surface area contributed by atoms with Gasteiger partial charge >= 0.3 is 6.09 Å². The molecule has 0 aromatic carbocycles. The number of hydrogen-bond donors (Lipinski definition) is 3. The van der Waals surface area contributed by atoms with Crippen molar-refractivity contribution in [2.45, 2.75) is 12.5 Å². The molecule has 0 bridgehead atoms. The Balaban J connectivity index is 2.28. The zero-order valence-corrected chi connectivity index (χ0v) is 7.82. The molecule has 6 nitrogen and oxygen atoms in total. The lowest BCUT2D eigenvalue weighted by Crippen LogP contribution is -2.33. The first-order valence-electron chi connectivity index (χ1n) is 4.43. The van der Waals surface area contributed by atoms with Gasteiger partial charge in [0.15, 0.2) is 0 Å². The third-order valence-corrected chi connectivity index (χ3v) is 2.52. The summed E-state index contributed by atoms with van der Waals surface area (Å²) in [5.74, 6) is 0.828. The summed E-state index contributed by atoms with van der Waals surface area (Å²) in [6, 6.07) is -0.0949. The summed E-state index contributed by atoms with van der Waals surface area (Å²) in [5.41, 5.74) is 0.918. The van der Waals surface area contributed by atoms with Gasteiger partial charge < -0.3 is 15.3 Å². The van der Waals surface area contributed by atoms with Crippen molar-refractivity contribution >= 4 is 11.9 Å². The summed E-state index contributed by atoms with van der Waals surface area (Å²) in [6.07, 6.45) is 1.53. The van der Waals surface area contributed by atoms with Crippen LogP contribution in [0.25, 0.3) is 0 Å². The van der Waals surface area contributed by atoms with Crippen molar-refractivity contribution in [2.24, 2.45) is 0 Å². The summed E-state index contributed by atoms with van der Waals surface area (Å²) < 4.78 is 0. The minimum Gasteiger partial charge on any atom is -0.465 e. The molecule has 0 saturated carbocycles. The van der Waals surface area contributed by atoms with Gasteiger partial charge in [-0.15, -0.1) is 0 Å². The summed E-state index contributed by atoms with van der Waals surface area (Å²) in [7, 11) is 1.58. The van der Waals surface area contributed by atoms with Crippen LogP contribution in [0.2, 0.25) is 0 Å². The molecule has 1 aromatic heterocycles. The van der Waals surface area contributed by atoms with E-state index in [9.17, 15) is 4.79 Å². The van der Waals surface area contributed by atoms with Gasteiger partial charge in [0, 0.05) is 19.2 Å². The van der Waals surface area contributed by atoms with Crippen molar-refractivity contribution in [2.75, 3.05) is 18.9 Å². The zero-order chi connectivity index (χ0) is 10.1. The maximum atomic E-state index is 10.8. The van der Waals surface area contributed by atoms with Crippen LogP contribution in [0, 0.1) is 0 Å². The first-order chi connectivity index (χ1) is 6.70. The van der Waals surface area contributed by atoms with Crippen LogP contribution in [0.1, 0.15) is 18.0 Å². The number of carboxylic acid groups (broad SMARTS) is 1. The molecule has 1 atom stereocenters. The van der Waals surface area contributed by atoms with Crippen molar-refractivity contribution in [1.29, 1.82) is 0 Å². The van der Waals surface area contributed by atoms with E-state index in [1.807, 2.05) is 0 Å². The third kappa shape index (κ3) is 1.28. The van der Waals surface area contributed by atoms with Crippen molar-refractivity contribution in [3.05, 3.63) is 11.8 Å². The number of amides is 1. The average molecular weight is 196 g/mol. The Bertz CT molecular complexity index is 349. The van der Waals surface area contributed by atoms with E-state index in [1.165, 1.54) is 4.90 Å². The molecule has 3 N–H and O–H groups in total. The fraction of sp³-hybridized carbons (Fsp3) is 0.500. The van der Waals surface area contributed by atoms with E-state index < -0.39 is 6.09 Å². The Morgan fingerprint density at radius 3 is 3.29 bits per heavy atom. The molecular weight excluding hydrogens is 184 g/mol. The number of H-pyrrole nitrogens is 1. The molecule has 2 heterocycles. The minimum atomic E-state index is -0.913. The van der Waals surface area contributed by atoms with E-state index in [0.717, 1.165) is 24.3 Å². The molecule has 0 aliphatic carbocycles. The van der Waals surface area contributed by atoms with Gasteiger partial charge in [-0.3, -0.25) is 5.10 Å². The van der Waals surface area contributed by atoms with Crippen LogP contribution in [0.3, 0.4) is 0 Å². The standard InChI is InChI=1S/C8H12N4O2/c1-12(8(13)14)6-2-3-9-7-5(6)4-10-11-7/h4,6H,2-3H2,1H3,(H,13,14)(H2,9,10,11). The molecule has 1 aromatic rings. The van der Waals surface area contributed by atoms with Crippen molar-refractivity contribution in [3.8, 4) is 0 Å². The molecule has 76 valence electrons. The summed E-state index contributed by atoms with van der Waals surface area (Å²) in [4.78, 5) is 12.1. The first-order valence-corrected chi connectivity index (χ1v) is 4.43. The highest BCUT2D eigenvalue weighted by atomic mass is 16.4. The van der Waals surface area contributed by atoms with Crippen LogP contribution in [0.4, 0.5) is 10.6 Å². The highest BCUT2D eigenvalue weighted by molar-refractivity contribution is 5.66. The molecule has 0 radical (unpaired) electrons. The fourth-order valence-electron chi connectivity index (χ4n) is 1.71. The van der Waals surface area contributed by atoms with Crippen LogP contribution < -0.4 is 5.32 Å². The minimum absolute atomic E-state index is 0.0949. The van der Waals surface area contributed by atoms with Crippen LogP contribution >= 0.6 is 0 Å². The number of carbonyl (C=O) groups is 1. The molecule has 6 heteroatoms. The van der Waals surface area contributed by atoms with Gasteiger partial charge in [-0.25, -0.2) is 4.79 Å². The average Bonchev–Trinajstić information content (AvgIpc) is 2.63. The van der Waals surface area contributed by atoms with Gasteiger partial charge in [-0.1, -0.05) is 0 Å². The largest absolute Gasteiger partial charge is 0.465 e. The second-order valence-electron chi connectivity index (χ2n) is 3.33. The molecule has 14 heavy (non-hydrogen) atoms. The second-order valence-corrected chi connectivity index (χ2v) is 3.33. The van der Waals surface area contributed by atoms with E-state index in [-0.39, 0.29) is 6.04 Å². The van der Waals surface area contributed by atoms with Gasteiger partial charge in [-0.05, 0) is 6.42 Å². The van der Waals surface area contributed by atoms with Crippen molar-refractivity contribution in [3.63, 3.8) is 0 Å². The molecule has 1 unspecified atom stereocenters. The molecule has 0 spiro atoms. The second kappa shape index (κ2) is 3.21. The van der Waals surface area contributed by atoms with E-state index >= 15 is 0 Å². The topological polar surface area (TPSA) is 81.3 Å². The number of rotatable bonds is 1. The number of nitrogens with one attached hydrogen (secondary N) is 2. The summed E-state index contributed by atoms with van der Waals surface area (Å²) >= 11 is 0. The predicted octanol–water partition coefficient (Wildman–Crippen LogP) is 0.876. The fourth-order valence-corrected chi connectivity index (χ4v) is 1.71. The van der Waals surface area contributed by atoms with Gasteiger partial charge in [0.2, 0.25) is 0 Å². The normalized spacial score (nSPS) is 19.6. The Kier molecular flexibility index (Phi) is 2.03. The first kappa shape index (κ1) is 8.86. The predicted molar refractivity (Wildman–Crippen MR) is 50.2 cm³/mol. The van der Waals surface area contributed by atoms with Crippen molar-refractivity contribution < 1.29 is 9.90 Å². The number of aromatic amines is 1. The maximum Gasteiger partial charge on any atom is 0.407 e. The number of nitrogens with zero attached hydrogens (tertiary/aromatic N) is 2. The van der Waals surface area contributed by atoms with E-state index in [4.69, 9.17) is 5.11 Å². The van der Waals surface area contributed by atoms with Gasteiger partial charge in [0.1, 0.15) is 5.82 Å². The lowest BCUT2D eigenvalue weighted by Gasteiger charge is -2.29. The van der Waals surface area contributed by atoms with E-state index in [2.05, 4.69) is 15.5 Å². The Labute approximate surface area is 80.9 Å². The third-order valence-electron chi connectivity index (χ3n) is 2.52. The molecule has 1 amide bonds. The highest BCUT2D eigenvalue weighted by Crippen LogP contribution is 2.31. The number of fused-ring (bicyclic) bond motifs is 1. The SMILES string of the molecule is CN(C(=O)O)C1CCNc2[nH]ncc21. The van der Waals surface area contributed by atoms with Gasteiger partial charge in [0.25, 0.3) is 0 Å². The van der Waals surface area contributed by atoms with Crippen LogP contribution in [-0.2, 0) is 0 Å². The van der Waals surface area contributed by atoms with Crippen LogP contribution in [0.15, 0.2) is 6.20 Å². The lowest BCUT2D eigenvalue weighted by atomic mass is 10.0. The highest BCUT2D eigenvalue weighted by Gasteiger charge is 2.27. The number of anilines is 1. The summed E-state index contributed by atoms with van der Waals surface area (Å²) in [5, 5.41) is 18.7. The molecule has 2 rings (SSSR count). The summed E-state index contributed by atoms with van der Waals surface area (Å²) in [6.45, 7) is 0.761. The lowest BCUT2D eigenvalue weighted by molar-refractivity contribution is 0.136. The molecule has 0 fully saturated rings. The Morgan fingerprint density at radius 2 is 2.57 bits per heavy atom. The number of aromatic nitrogens is 2. The maximum absolute atomic E-state index is 10.8. The van der Waals surface area contributed by atoms with Gasteiger partial charge in [-0.2, -0.15) is 5.10 Å². The zero-order valence-electron chi connectivity index (χ0n) is 7.82. The molecule has 1 aliphatic heterocycles. The number of hydrogen-bond acceptors (Lipinski definition) is 3. The molecule has 1 aliphatic rings. The monoisotopic (exact) mass is 196 g/mol.